The van der Waals surface area contributed by atoms with Crippen molar-refractivity contribution in [3.05, 3.63) is 53.6 Å². The van der Waals surface area contributed by atoms with Gasteiger partial charge in [0.15, 0.2) is 22.5 Å². The van der Waals surface area contributed by atoms with Crippen LogP contribution in [0.25, 0.3) is 11.4 Å². The molecule has 0 spiro atoms. The van der Waals surface area contributed by atoms with E-state index < -0.39 is 0 Å². The molecule has 0 saturated heterocycles. The number of methoxy groups -OCH3 is 2. The van der Waals surface area contributed by atoms with Crippen molar-refractivity contribution in [3.8, 4) is 22.9 Å². The van der Waals surface area contributed by atoms with Crippen molar-refractivity contribution in [2.75, 3.05) is 27.0 Å². The Labute approximate surface area is 206 Å². The van der Waals surface area contributed by atoms with Crippen LogP contribution in [0.1, 0.15) is 38.8 Å². The molecule has 182 valence electrons. The van der Waals surface area contributed by atoms with E-state index in [9.17, 15) is 4.79 Å². The Hall–Kier alpha value is -3.00. The van der Waals surface area contributed by atoms with Crippen LogP contribution in [0.4, 0.5) is 0 Å². The van der Waals surface area contributed by atoms with Gasteiger partial charge < -0.3 is 18.9 Å². The zero-order valence-electron chi connectivity index (χ0n) is 21.1. The molecule has 1 aromatic heterocycles. The van der Waals surface area contributed by atoms with Crippen LogP contribution in [0.15, 0.2) is 47.6 Å². The third-order valence-corrected chi connectivity index (χ3v) is 6.61. The lowest BCUT2D eigenvalue weighted by Crippen LogP contribution is -2.28. The van der Waals surface area contributed by atoms with Gasteiger partial charge in [-0.25, -0.2) is 0 Å². The summed E-state index contributed by atoms with van der Waals surface area (Å²) in [6.45, 7) is 9.86. The van der Waals surface area contributed by atoms with Gasteiger partial charge in [0.05, 0.1) is 20.0 Å². The standard InChI is InChI=1S/C26H34N4O3S/c1-8-30-24(19-10-12-20(13-11-19)26(2,3)4)27-28-25(30)34-17-23(31)29(5)16-18-9-14-21(32-6)22(15-18)33-7/h9-15H,8,16-17H2,1-7H3. The number of hydrogen-bond donors (Lipinski definition) is 0. The number of benzene rings is 2. The Morgan fingerprint density at radius 2 is 1.71 bits per heavy atom. The predicted molar refractivity (Wildman–Crippen MR) is 137 cm³/mol. The van der Waals surface area contributed by atoms with Crippen molar-refractivity contribution in [1.82, 2.24) is 19.7 Å². The van der Waals surface area contributed by atoms with E-state index in [-0.39, 0.29) is 17.1 Å². The van der Waals surface area contributed by atoms with E-state index in [4.69, 9.17) is 9.47 Å². The fourth-order valence-corrected chi connectivity index (χ4v) is 4.53. The first-order chi connectivity index (χ1) is 16.2. The van der Waals surface area contributed by atoms with Crippen molar-refractivity contribution in [3.63, 3.8) is 0 Å². The van der Waals surface area contributed by atoms with Crippen LogP contribution in [0.5, 0.6) is 11.5 Å². The maximum absolute atomic E-state index is 12.8. The third-order valence-electron chi connectivity index (χ3n) is 5.66. The Bertz CT molecular complexity index is 1120. The topological polar surface area (TPSA) is 69.5 Å². The number of ether oxygens (including phenoxy) is 2. The minimum atomic E-state index is 0.0153. The molecule has 0 aliphatic heterocycles. The zero-order valence-corrected chi connectivity index (χ0v) is 21.9. The molecule has 0 unspecified atom stereocenters. The van der Waals surface area contributed by atoms with Gasteiger partial charge in [0.2, 0.25) is 5.91 Å². The third kappa shape index (κ3) is 5.91. The van der Waals surface area contributed by atoms with Gasteiger partial charge in [0, 0.05) is 25.7 Å². The highest BCUT2D eigenvalue weighted by Gasteiger charge is 2.18. The minimum absolute atomic E-state index is 0.0153. The fourth-order valence-electron chi connectivity index (χ4n) is 3.59. The molecule has 0 fully saturated rings. The van der Waals surface area contributed by atoms with E-state index in [1.54, 1.807) is 26.2 Å². The average Bonchev–Trinajstić information content (AvgIpc) is 3.24. The van der Waals surface area contributed by atoms with Crippen LogP contribution in [-0.2, 0) is 23.3 Å². The second-order valence-electron chi connectivity index (χ2n) is 9.11. The first-order valence-electron chi connectivity index (χ1n) is 11.3. The SMILES string of the molecule is CCn1c(SCC(=O)N(C)Cc2ccc(OC)c(OC)c2)nnc1-c1ccc(C(C)(C)C)cc1. The maximum atomic E-state index is 12.8. The number of carbonyl (C=O) groups excluding carboxylic acids is 1. The van der Waals surface area contributed by atoms with Crippen molar-refractivity contribution in [1.29, 1.82) is 0 Å². The molecule has 8 heteroatoms. The van der Waals surface area contributed by atoms with Gasteiger partial charge in [-0.3, -0.25) is 4.79 Å². The zero-order chi connectivity index (χ0) is 24.9. The molecule has 0 bridgehead atoms. The molecule has 3 rings (SSSR count). The van der Waals surface area contributed by atoms with Crippen molar-refractivity contribution < 1.29 is 14.3 Å². The molecule has 1 amide bonds. The first kappa shape index (κ1) is 25.6. The number of rotatable bonds is 9. The number of nitrogens with zero attached hydrogens (tertiary/aromatic N) is 4. The highest BCUT2D eigenvalue weighted by atomic mass is 32.2. The second-order valence-corrected chi connectivity index (χ2v) is 10.0. The lowest BCUT2D eigenvalue weighted by Gasteiger charge is -2.19. The summed E-state index contributed by atoms with van der Waals surface area (Å²) in [7, 11) is 5.00. The lowest BCUT2D eigenvalue weighted by atomic mass is 9.87. The van der Waals surface area contributed by atoms with Crippen molar-refractivity contribution in [2.45, 2.75) is 51.4 Å². The van der Waals surface area contributed by atoms with E-state index in [0.717, 1.165) is 28.7 Å². The quantitative estimate of drug-likeness (QED) is 0.399. The van der Waals surface area contributed by atoms with Gasteiger partial charge in [-0.05, 0) is 35.6 Å². The highest BCUT2D eigenvalue weighted by Crippen LogP contribution is 2.29. The number of carbonyl (C=O) groups is 1. The van der Waals surface area contributed by atoms with Crippen molar-refractivity contribution in [2.24, 2.45) is 0 Å². The second kappa shape index (κ2) is 11.0. The normalized spacial score (nSPS) is 11.4. The summed E-state index contributed by atoms with van der Waals surface area (Å²) < 4.78 is 12.7. The van der Waals surface area contributed by atoms with Crippen molar-refractivity contribution >= 4 is 17.7 Å². The number of thioether (sulfide) groups is 1. The van der Waals surface area contributed by atoms with Crippen LogP contribution in [0, 0.1) is 0 Å². The van der Waals surface area contributed by atoms with Gasteiger partial charge in [-0.1, -0.05) is 62.9 Å². The molecule has 0 aliphatic carbocycles. The van der Waals surface area contributed by atoms with Gasteiger partial charge in [0.1, 0.15) is 0 Å². The maximum Gasteiger partial charge on any atom is 0.233 e. The summed E-state index contributed by atoms with van der Waals surface area (Å²) in [6, 6.07) is 14.1. The van der Waals surface area contributed by atoms with Gasteiger partial charge >= 0.3 is 0 Å². The lowest BCUT2D eigenvalue weighted by molar-refractivity contribution is -0.127. The van der Waals surface area contributed by atoms with Crippen LogP contribution in [0.3, 0.4) is 0 Å². The van der Waals surface area contributed by atoms with E-state index in [2.05, 4.69) is 66.7 Å². The van der Waals surface area contributed by atoms with Gasteiger partial charge in [-0.2, -0.15) is 0 Å². The summed E-state index contributed by atoms with van der Waals surface area (Å²) >= 11 is 1.41. The van der Waals surface area contributed by atoms with E-state index in [0.29, 0.717) is 18.0 Å². The Kier molecular flexibility index (Phi) is 8.25. The molecule has 34 heavy (non-hydrogen) atoms. The van der Waals surface area contributed by atoms with Gasteiger partial charge in [-0.15, -0.1) is 10.2 Å². The molecule has 0 saturated carbocycles. The van der Waals surface area contributed by atoms with Crippen LogP contribution >= 0.6 is 11.8 Å². The first-order valence-corrected chi connectivity index (χ1v) is 12.3. The fraction of sp³-hybridized carbons (Fsp3) is 0.423. The monoisotopic (exact) mass is 482 g/mol. The minimum Gasteiger partial charge on any atom is -0.493 e. The number of hydrogen-bond acceptors (Lipinski definition) is 6. The summed E-state index contributed by atoms with van der Waals surface area (Å²) in [5.74, 6) is 2.43. The average molecular weight is 483 g/mol. The molecule has 2 aromatic carbocycles. The van der Waals surface area contributed by atoms with E-state index in [1.165, 1.54) is 17.3 Å². The predicted octanol–water partition coefficient (Wildman–Crippen LogP) is 5.03. The highest BCUT2D eigenvalue weighted by molar-refractivity contribution is 7.99. The Morgan fingerprint density at radius 3 is 2.29 bits per heavy atom. The largest absolute Gasteiger partial charge is 0.493 e. The summed E-state index contributed by atoms with van der Waals surface area (Å²) in [6.07, 6.45) is 0. The molecule has 3 aromatic rings. The molecule has 0 atom stereocenters. The van der Waals surface area contributed by atoms with Crippen LogP contribution in [-0.4, -0.2) is 52.6 Å². The van der Waals surface area contributed by atoms with E-state index in [1.807, 2.05) is 18.2 Å². The molecule has 0 radical (unpaired) electrons. The Morgan fingerprint density at radius 1 is 1.03 bits per heavy atom. The van der Waals surface area contributed by atoms with Crippen LogP contribution in [0.2, 0.25) is 0 Å². The smallest absolute Gasteiger partial charge is 0.233 e. The molecule has 7 nitrogen and oxygen atoms in total. The summed E-state index contributed by atoms with van der Waals surface area (Å²) in [5, 5.41) is 9.52. The molecule has 0 aliphatic rings. The molecular formula is C26H34N4O3S. The molecule has 0 N–H and O–H groups in total. The van der Waals surface area contributed by atoms with Gasteiger partial charge in [0.25, 0.3) is 0 Å². The van der Waals surface area contributed by atoms with E-state index >= 15 is 0 Å². The van der Waals surface area contributed by atoms with Crippen LogP contribution < -0.4 is 9.47 Å². The number of amides is 1. The number of aromatic nitrogens is 3. The summed E-state index contributed by atoms with van der Waals surface area (Å²) in [4.78, 5) is 14.5. The molecule has 1 heterocycles. The summed E-state index contributed by atoms with van der Waals surface area (Å²) in [5.41, 5.74) is 3.36. The Balaban J connectivity index is 1.66. The molecular weight excluding hydrogens is 448 g/mol.